The van der Waals surface area contributed by atoms with Crippen molar-refractivity contribution in [3.8, 4) is 0 Å². The van der Waals surface area contributed by atoms with Gasteiger partial charge in [-0.25, -0.2) is 4.79 Å². The first-order chi connectivity index (χ1) is 12.5. The van der Waals surface area contributed by atoms with Crippen LogP contribution in [0.2, 0.25) is 0 Å². The second kappa shape index (κ2) is 7.49. The van der Waals surface area contributed by atoms with Crippen molar-refractivity contribution in [2.24, 2.45) is 17.8 Å². The highest BCUT2D eigenvalue weighted by Crippen LogP contribution is 2.55. The number of rotatable bonds is 4. The minimum absolute atomic E-state index is 0.0446. The molecule has 3 N–H and O–H groups in total. The summed E-state index contributed by atoms with van der Waals surface area (Å²) in [6.07, 6.45) is 14.7. The van der Waals surface area contributed by atoms with Gasteiger partial charge in [-0.3, -0.25) is 10.1 Å². The van der Waals surface area contributed by atoms with Gasteiger partial charge in [0, 0.05) is 11.6 Å². The average molecular weight is 362 g/mol. The van der Waals surface area contributed by atoms with Gasteiger partial charge in [0.1, 0.15) is 0 Å². The minimum atomic E-state index is -0.319. The second-order valence-electron chi connectivity index (χ2n) is 9.72. The summed E-state index contributed by atoms with van der Waals surface area (Å²) < 4.78 is 0. The van der Waals surface area contributed by atoms with Gasteiger partial charge in [-0.1, -0.05) is 25.7 Å². The fourth-order valence-electron chi connectivity index (χ4n) is 6.63. The summed E-state index contributed by atoms with van der Waals surface area (Å²) in [6.45, 7) is 1.87. The van der Waals surface area contributed by atoms with E-state index in [4.69, 9.17) is 0 Å². The minimum Gasteiger partial charge on any atom is -0.332 e. The van der Waals surface area contributed by atoms with Gasteiger partial charge in [0.25, 0.3) is 0 Å². The average Bonchev–Trinajstić information content (AvgIpc) is 2.81. The van der Waals surface area contributed by atoms with E-state index in [0.717, 1.165) is 49.9 Å². The molecule has 146 valence electrons. The summed E-state index contributed by atoms with van der Waals surface area (Å²) in [5, 5.41) is 9.27. The van der Waals surface area contributed by atoms with Crippen molar-refractivity contribution in [2.45, 2.75) is 102 Å². The number of nitrogens with one attached hydrogen (secondary N) is 3. The third-order valence-corrected chi connectivity index (χ3v) is 7.39. The first kappa shape index (κ1) is 18.3. The molecule has 5 nitrogen and oxygen atoms in total. The molecular weight excluding hydrogens is 326 g/mol. The highest BCUT2D eigenvalue weighted by atomic mass is 16.2. The number of hydrogen-bond acceptors (Lipinski definition) is 3. The molecule has 26 heavy (non-hydrogen) atoms. The Morgan fingerprint density at radius 2 is 1.42 bits per heavy atom. The zero-order chi connectivity index (χ0) is 18.1. The third kappa shape index (κ3) is 4.08. The van der Waals surface area contributed by atoms with Crippen LogP contribution in [0.4, 0.5) is 4.79 Å². The van der Waals surface area contributed by atoms with E-state index in [1.165, 1.54) is 44.9 Å². The number of urea groups is 1. The Morgan fingerprint density at radius 1 is 0.885 bits per heavy atom. The van der Waals surface area contributed by atoms with Crippen molar-refractivity contribution >= 4 is 11.9 Å². The summed E-state index contributed by atoms with van der Waals surface area (Å²) >= 11 is 0. The molecule has 0 saturated heterocycles. The van der Waals surface area contributed by atoms with Gasteiger partial charge >= 0.3 is 6.03 Å². The van der Waals surface area contributed by atoms with Crippen LogP contribution >= 0.6 is 0 Å². The first-order valence-corrected chi connectivity index (χ1v) is 10.9. The predicted octanol–water partition coefficient (Wildman–Crippen LogP) is 3.48. The molecule has 0 heterocycles. The Labute approximate surface area is 157 Å². The van der Waals surface area contributed by atoms with Gasteiger partial charge in [-0.2, -0.15) is 0 Å². The Hall–Kier alpha value is -1.10. The first-order valence-electron chi connectivity index (χ1n) is 10.9. The molecule has 0 radical (unpaired) electrons. The van der Waals surface area contributed by atoms with Gasteiger partial charge in [0.15, 0.2) is 0 Å². The van der Waals surface area contributed by atoms with E-state index < -0.39 is 0 Å². The van der Waals surface area contributed by atoms with E-state index in [0.29, 0.717) is 6.04 Å². The Morgan fingerprint density at radius 3 is 1.96 bits per heavy atom. The molecule has 0 unspecified atom stereocenters. The molecule has 0 spiro atoms. The van der Waals surface area contributed by atoms with Crippen LogP contribution in [0.25, 0.3) is 0 Å². The molecule has 0 aromatic heterocycles. The van der Waals surface area contributed by atoms with Crippen LogP contribution < -0.4 is 16.0 Å². The van der Waals surface area contributed by atoms with Crippen LogP contribution in [-0.2, 0) is 4.79 Å². The molecule has 3 amide bonds. The van der Waals surface area contributed by atoms with Crippen LogP contribution in [0.3, 0.4) is 0 Å². The normalized spacial score (nSPS) is 37.8. The standard InChI is InChI=1S/C21H35N3O2/c1-14(22-18-6-4-2-3-5-7-18)19(25)23-20(26)24-21-11-15-8-16(12-21)10-17(9-15)13-21/h14-18,22H,2-13H2,1H3,(H2,23,24,25,26)/t14-,15?,16?,17?,21?/m0/s1. The molecule has 0 aliphatic heterocycles. The maximum Gasteiger partial charge on any atom is 0.321 e. The van der Waals surface area contributed by atoms with E-state index in [1.54, 1.807) is 0 Å². The number of amides is 3. The summed E-state index contributed by atoms with van der Waals surface area (Å²) in [4.78, 5) is 25.0. The lowest BCUT2D eigenvalue weighted by atomic mass is 9.53. The van der Waals surface area contributed by atoms with Crippen LogP contribution in [0.1, 0.15) is 84.0 Å². The molecule has 5 rings (SSSR count). The fraction of sp³-hybridized carbons (Fsp3) is 0.905. The predicted molar refractivity (Wildman–Crippen MR) is 102 cm³/mol. The van der Waals surface area contributed by atoms with Crippen LogP contribution in [0, 0.1) is 17.8 Å². The number of carbonyl (C=O) groups is 2. The Kier molecular flexibility index (Phi) is 5.27. The second-order valence-corrected chi connectivity index (χ2v) is 9.72. The monoisotopic (exact) mass is 361 g/mol. The molecule has 0 aromatic carbocycles. The van der Waals surface area contributed by atoms with E-state index in [2.05, 4.69) is 16.0 Å². The molecule has 1 atom stereocenters. The SMILES string of the molecule is C[C@H](NC1CCCCCC1)C(=O)NC(=O)NC12CC3CC(CC(C3)C1)C2. The van der Waals surface area contributed by atoms with Crippen molar-refractivity contribution in [3.63, 3.8) is 0 Å². The van der Waals surface area contributed by atoms with Gasteiger partial charge in [0.05, 0.1) is 6.04 Å². The zero-order valence-electron chi connectivity index (χ0n) is 16.2. The van der Waals surface area contributed by atoms with Crippen LogP contribution in [-0.4, -0.2) is 29.6 Å². The summed E-state index contributed by atoms with van der Waals surface area (Å²) in [5.41, 5.74) is -0.0446. The zero-order valence-corrected chi connectivity index (χ0v) is 16.2. The lowest BCUT2D eigenvalue weighted by Gasteiger charge is -2.56. The van der Waals surface area contributed by atoms with Crippen molar-refractivity contribution in [1.82, 2.24) is 16.0 Å². The lowest BCUT2D eigenvalue weighted by molar-refractivity contribution is -0.122. The van der Waals surface area contributed by atoms with Gasteiger partial charge < -0.3 is 10.6 Å². The summed E-state index contributed by atoms with van der Waals surface area (Å²) in [5.74, 6) is 2.16. The van der Waals surface area contributed by atoms with Gasteiger partial charge in [-0.15, -0.1) is 0 Å². The smallest absolute Gasteiger partial charge is 0.321 e. The van der Waals surface area contributed by atoms with Gasteiger partial charge in [0.2, 0.25) is 5.91 Å². The summed E-state index contributed by atoms with van der Waals surface area (Å²) in [6, 6.07) is -0.198. The lowest BCUT2D eigenvalue weighted by Crippen LogP contribution is -2.62. The largest absolute Gasteiger partial charge is 0.332 e. The van der Waals surface area contributed by atoms with E-state index in [-0.39, 0.29) is 23.5 Å². The van der Waals surface area contributed by atoms with Crippen LogP contribution in [0.5, 0.6) is 0 Å². The van der Waals surface area contributed by atoms with Crippen LogP contribution in [0.15, 0.2) is 0 Å². The quantitative estimate of drug-likeness (QED) is 0.671. The Balaban J connectivity index is 1.27. The van der Waals surface area contributed by atoms with E-state index in [9.17, 15) is 9.59 Å². The molecule has 0 aromatic rings. The maximum absolute atomic E-state index is 12.5. The third-order valence-electron chi connectivity index (χ3n) is 7.39. The molecule has 4 bridgehead atoms. The summed E-state index contributed by atoms with van der Waals surface area (Å²) in [7, 11) is 0. The highest BCUT2D eigenvalue weighted by Gasteiger charge is 2.51. The number of hydrogen-bond donors (Lipinski definition) is 3. The molecular formula is C21H35N3O2. The van der Waals surface area contributed by atoms with Gasteiger partial charge in [-0.05, 0) is 76.0 Å². The molecule has 5 saturated carbocycles. The fourth-order valence-corrected chi connectivity index (χ4v) is 6.63. The molecule has 5 aliphatic carbocycles. The van der Waals surface area contributed by atoms with Crippen molar-refractivity contribution in [1.29, 1.82) is 0 Å². The topological polar surface area (TPSA) is 70.2 Å². The van der Waals surface area contributed by atoms with E-state index in [1.807, 2.05) is 6.92 Å². The van der Waals surface area contributed by atoms with Crippen molar-refractivity contribution in [2.75, 3.05) is 0 Å². The number of carbonyl (C=O) groups excluding carboxylic acids is 2. The van der Waals surface area contributed by atoms with Crippen molar-refractivity contribution in [3.05, 3.63) is 0 Å². The molecule has 5 aliphatic rings. The Bertz CT molecular complexity index is 504. The van der Waals surface area contributed by atoms with E-state index >= 15 is 0 Å². The number of imide groups is 1. The molecule has 5 heteroatoms. The van der Waals surface area contributed by atoms with Crippen molar-refractivity contribution < 1.29 is 9.59 Å². The highest BCUT2D eigenvalue weighted by molar-refractivity contribution is 5.97. The maximum atomic E-state index is 12.5. The molecule has 5 fully saturated rings.